The van der Waals surface area contributed by atoms with E-state index < -0.39 is 5.91 Å². The number of halogens is 1. The molecule has 3 rings (SSSR count). The molecule has 0 saturated carbocycles. The Morgan fingerprint density at radius 3 is 2.56 bits per heavy atom. The normalized spacial score (nSPS) is 10.3. The van der Waals surface area contributed by atoms with Gasteiger partial charge in [0.2, 0.25) is 5.88 Å². The number of phenolic OH excluding ortho intramolecular Hbond substituents is 1. The fraction of sp³-hybridized carbons (Fsp3) is 0.0556. The van der Waals surface area contributed by atoms with Crippen LogP contribution < -0.4 is 10.1 Å². The molecule has 3 aromatic rings. The van der Waals surface area contributed by atoms with E-state index >= 15 is 0 Å². The molecule has 2 N–H and O–H groups in total. The number of nitrogens with one attached hydrogen (secondary N) is 1. The molecule has 7 heteroatoms. The van der Waals surface area contributed by atoms with Gasteiger partial charge in [-0.05, 0) is 42.0 Å². The number of carbonyl (C=O) groups excluding carboxylic acids is 1. The number of aromatic hydroxyl groups is 1. The van der Waals surface area contributed by atoms with Crippen molar-refractivity contribution in [2.75, 3.05) is 0 Å². The summed E-state index contributed by atoms with van der Waals surface area (Å²) in [6, 6.07) is 11.9. The minimum Gasteiger partial charge on any atom is -0.508 e. The lowest BCUT2D eigenvalue weighted by Crippen LogP contribution is -2.23. The number of carbonyl (C=O) groups is 1. The maximum Gasteiger partial charge on any atom is 0.258 e. The van der Waals surface area contributed by atoms with Crippen LogP contribution in [0.4, 0.5) is 4.39 Å². The van der Waals surface area contributed by atoms with Gasteiger partial charge in [0.15, 0.2) is 0 Å². The molecule has 25 heavy (non-hydrogen) atoms. The topological polar surface area (TPSA) is 84.3 Å². The van der Waals surface area contributed by atoms with Gasteiger partial charge >= 0.3 is 0 Å². The van der Waals surface area contributed by atoms with Crippen molar-refractivity contribution in [3.63, 3.8) is 0 Å². The predicted molar refractivity (Wildman–Crippen MR) is 87.8 cm³/mol. The van der Waals surface area contributed by atoms with Crippen molar-refractivity contribution in [3.05, 3.63) is 78.0 Å². The fourth-order valence-corrected chi connectivity index (χ4v) is 2.06. The third-order valence-corrected chi connectivity index (χ3v) is 3.34. The largest absolute Gasteiger partial charge is 0.508 e. The summed E-state index contributed by atoms with van der Waals surface area (Å²) in [6.07, 6.45) is 2.60. The molecule has 126 valence electrons. The molecule has 0 aliphatic rings. The molecule has 0 bridgehead atoms. The standard InChI is InChI=1S/C18H14FN3O3/c19-13-3-7-15(8-4-13)25-18-16(10-20-11-22-18)17(24)21-9-12-1-5-14(23)6-2-12/h1-8,10-11,23H,9H2,(H,21,24). The monoisotopic (exact) mass is 339 g/mol. The first-order valence-corrected chi connectivity index (χ1v) is 7.41. The van der Waals surface area contributed by atoms with E-state index in [2.05, 4.69) is 15.3 Å². The van der Waals surface area contributed by atoms with E-state index in [0.29, 0.717) is 5.75 Å². The van der Waals surface area contributed by atoms with Crippen molar-refractivity contribution in [1.82, 2.24) is 15.3 Å². The van der Waals surface area contributed by atoms with Crippen molar-refractivity contribution >= 4 is 5.91 Å². The maximum absolute atomic E-state index is 13.0. The molecule has 0 spiro atoms. The summed E-state index contributed by atoms with van der Waals surface area (Å²) in [5.41, 5.74) is 0.981. The van der Waals surface area contributed by atoms with Crippen molar-refractivity contribution in [3.8, 4) is 17.4 Å². The third-order valence-electron chi connectivity index (χ3n) is 3.34. The number of rotatable bonds is 5. The van der Waals surface area contributed by atoms with E-state index in [9.17, 15) is 14.3 Å². The summed E-state index contributed by atoms with van der Waals surface area (Å²) in [7, 11) is 0. The molecule has 0 radical (unpaired) electrons. The van der Waals surface area contributed by atoms with Gasteiger partial charge in [-0.1, -0.05) is 12.1 Å². The van der Waals surface area contributed by atoms with Crippen LogP contribution in [-0.4, -0.2) is 21.0 Å². The first-order chi connectivity index (χ1) is 12.1. The minimum absolute atomic E-state index is 0.0739. The Bertz CT molecular complexity index is 867. The van der Waals surface area contributed by atoms with Crippen LogP contribution in [-0.2, 0) is 6.54 Å². The first kappa shape index (κ1) is 16.4. The Kier molecular flexibility index (Phi) is 4.84. The number of hydrogen-bond donors (Lipinski definition) is 2. The Balaban J connectivity index is 1.71. The summed E-state index contributed by atoms with van der Waals surface area (Å²) in [6.45, 7) is 0.268. The number of phenols is 1. The van der Waals surface area contributed by atoms with Gasteiger partial charge < -0.3 is 15.2 Å². The van der Waals surface area contributed by atoms with E-state index in [1.165, 1.54) is 48.9 Å². The average Bonchev–Trinajstić information content (AvgIpc) is 2.63. The molecule has 1 aromatic heterocycles. The highest BCUT2D eigenvalue weighted by Gasteiger charge is 2.15. The molecule has 0 atom stereocenters. The zero-order valence-corrected chi connectivity index (χ0v) is 13.0. The average molecular weight is 339 g/mol. The van der Waals surface area contributed by atoms with Gasteiger partial charge in [-0.25, -0.2) is 14.4 Å². The summed E-state index contributed by atoms with van der Waals surface area (Å²) < 4.78 is 18.5. The smallest absolute Gasteiger partial charge is 0.258 e. The molecule has 1 heterocycles. The lowest BCUT2D eigenvalue weighted by Gasteiger charge is -2.10. The van der Waals surface area contributed by atoms with Gasteiger partial charge in [0.1, 0.15) is 29.2 Å². The fourth-order valence-electron chi connectivity index (χ4n) is 2.06. The second-order valence-electron chi connectivity index (χ2n) is 5.15. The van der Waals surface area contributed by atoms with E-state index in [1.807, 2.05) is 0 Å². The van der Waals surface area contributed by atoms with Crippen LogP contribution >= 0.6 is 0 Å². The summed E-state index contributed by atoms with van der Waals surface area (Å²) in [5, 5.41) is 12.0. The van der Waals surface area contributed by atoms with Crippen LogP contribution in [0.1, 0.15) is 15.9 Å². The number of ether oxygens (including phenoxy) is 1. The molecule has 1 amide bonds. The van der Waals surface area contributed by atoms with E-state index in [4.69, 9.17) is 4.74 Å². The van der Waals surface area contributed by atoms with Gasteiger partial charge in [0.05, 0.1) is 0 Å². The van der Waals surface area contributed by atoms with Crippen LogP contribution in [0.25, 0.3) is 0 Å². The van der Waals surface area contributed by atoms with Gasteiger partial charge in [0.25, 0.3) is 5.91 Å². The predicted octanol–water partition coefficient (Wildman–Crippen LogP) is 3.04. The van der Waals surface area contributed by atoms with Crippen LogP contribution in [0, 0.1) is 5.82 Å². The van der Waals surface area contributed by atoms with E-state index in [0.717, 1.165) is 5.56 Å². The van der Waals surface area contributed by atoms with Crippen molar-refractivity contribution in [1.29, 1.82) is 0 Å². The second kappa shape index (κ2) is 7.39. The number of amides is 1. The first-order valence-electron chi connectivity index (χ1n) is 7.41. The van der Waals surface area contributed by atoms with Crippen LogP contribution in [0.2, 0.25) is 0 Å². The molecule has 0 aliphatic heterocycles. The third kappa shape index (κ3) is 4.29. The Labute approximate surface area is 142 Å². The molecular formula is C18H14FN3O3. The van der Waals surface area contributed by atoms with Crippen LogP contribution in [0.3, 0.4) is 0 Å². The summed E-state index contributed by atoms with van der Waals surface area (Å²) in [4.78, 5) is 20.2. The lowest BCUT2D eigenvalue weighted by molar-refractivity contribution is 0.0947. The number of nitrogens with zero attached hydrogens (tertiary/aromatic N) is 2. The Morgan fingerprint density at radius 1 is 1.12 bits per heavy atom. The zero-order chi connectivity index (χ0) is 17.6. The van der Waals surface area contributed by atoms with Crippen LogP contribution in [0.15, 0.2) is 61.1 Å². The van der Waals surface area contributed by atoms with E-state index in [-0.39, 0.29) is 29.6 Å². The SMILES string of the molecule is O=C(NCc1ccc(O)cc1)c1cncnc1Oc1ccc(F)cc1. The Morgan fingerprint density at radius 2 is 1.84 bits per heavy atom. The highest BCUT2D eigenvalue weighted by molar-refractivity contribution is 5.96. The summed E-state index contributed by atoms with van der Waals surface area (Å²) in [5.74, 6) is -0.216. The quantitative estimate of drug-likeness (QED) is 0.746. The molecule has 0 saturated heterocycles. The zero-order valence-electron chi connectivity index (χ0n) is 13.0. The van der Waals surface area contributed by atoms with Gasteiger partial charge in [-0.3, -0.25) is 4.79 Å². The number of benzene rings is 2. The second-order valence-corrected chi connectivity index (χ2v) is 5.15. The van der Waals surface area contributed by atoms with Gasteiger partial charge in [0, 0.05) is 12.7 Å². The molecule has 2 aromatic carbocycles. The highest BCUT2D eigenvalue weighted by atomic mass is 19.1. The molecular weight excluding hydrogens is 325 g/mol. The molecule has 6 nitrogen and oxygen atoms in total. The van der Waals surface area contributed by atoms with Crippen molar-refractivity contribution in [2.45, 2.75) is 6.54 Å². The van der Waals surface area contributed by atoms with Crippen molar-refractivity contribution < 1.29 is 19.0 Å². The van der Waals surface area contributed by atoms with Crippen LogP contribution in [0.5, 0.6) is 17.4 Å². The highest BCUT2D eigenvalue weighted by Crippen LogP contribution is 2.22. The maximum atomic E-state index is 13.0. The number of hydrogen-bond acceptors (Lipinski definition) is 5. The van der Waals surface area contributed by atoms with E-state index in [1.54, 1.807) is 12.1 Å². The number of aromatic nitrogens is 2. The molecule has 0 fully saturated rings. The van der Waals surface area contributed by atoms with Gasteiger partial charge in [-0.2, -0.15) is 0 Å². The molecule has 0 unspecified atom stereocenters. The van der Waals surface area contributed by atoms with Crippen molar-refractivity contribution in [2.24, 2.45) is 0 Å². The lowest BCUT2D eigenvalue weighted by atomic mass is 10.2. The summed E-state index contributed by atoms with van der Waals surface area (Å²) >= 11 is 0. The van der Waals surface area contributed by atoms with Gasteiger partial charge in [-0.15, -0.1) is 0 Å². The minimum atomic E-state index is -0.411. The molecule has 0 aliphatic carbocycles. The Hall–Kier alpha value is -3.48.